The number of aromatic nitrogens is 2. The molecule has 1 aromatic heterocycles. The number of hydrogen-bond acceptors (Lipinski definition) is 5. The first-order valence-electron chi connectivity index (χ1n) is 7.55. The van der Waals surface area contributed by atoms with E-state index >= 15 is 0 Å². The second-order valence-electron chi connectivity index (χ2n) is 5.52. The Morgan fingerprint density at radius 3 is 2.81 bits per heavy atom. The van der Waals surface area contributed by atoms with Gasteiger partial charge in [0.15, 0.2) is 15.6 Å². The number of nitrogens with zero attached hydrogens (tertiary/aromatic N) is 2. The van der Waals surface area contributed by atoms with E-state index < -0.39 is 9.84 Å². The SMILES string of the molecule is CCCn1ncc(OC)c1C(NCC)C1CCS(=O)(=O)C1. The van der Waals surface area contributed by atoms with Gasteiger partial charge in [0.05, 0.1) is 36.5 Å². The summed E-state index contributed by atoms with van der Waals surface area (Å²) < 4.78 is 31.0. The summed E-state index contributed by atoms with van der Waals surface area (Å²) in [4.78, 5) is 0. The zero-order valence-electron chi connectivity index (χ0n) is 13.0. The van der Waals surface area contributed by atoms with Crippen molar-refractivity contribution >= 4 is 9.84 Å². The molecule has 2 rings (SSSR count). The highest BCUT2D eigenvalue weighted by molar-refractivity contribution is 7.91. The molecule has 0 aromatic carbocycles. The Labute approximate surface area is 126 Å². The molecule has 7 heteroatoms. The van der Waals surface area contributed by atoms with Crippen LogP contribution in [0.4, 0.5) is 0 Å². The molecule has 2 atom stereocenters. The predicted octanol–water partition coefficient (Wildman–Crippen LogP) is 1.39. The maximum Gasteiger partial charge on any atom is 0.161 e. The Morgan fingerprint density at radius 1 is 1.52 bits per heavy atom. The van der Waals surface area contributed by atoms with Crippen molar-refractivity contribution < 1.29 is 13.2 Å². The Morgan fingerprint density at radius 2 is 2.29 bits per heavy atom. The van der Waals surface area contributed by atoms with Gasteiger partial charge in [-0.2, -0.15) is 5.10 Å². The fourth-order valence-corrected chi connectivity index (χ4v) is 4.87. The van der Waals surface area contributed by atoms with Crippen molar-refractivity contribution in [3.8, 4) is 5.75 Å². The summed E-state index contributed by atoms with van der Waals surface area (Å²) in [5, 5.41) is 7.82. The fourth-order valence-electron chi connectivity index (χ4n) is 3.03. The van der Waals surface area contributed by atoms with E-state index in [-0.39, 0.29) is 23.5 Å². The molecule has 2 heterocycles. The summed E-state index contributed by atoms with van der Waals surface area (Å²) >= 11 is 0. The molecule has 0 radical (unpaired) electrons. The largest absolute Gasteiger partial charge is 0.493 e. The molecule has 21 heavy (non-hydrogen) atoms. The Bertz CT molecular complexity index is 568. The molecular formula is C14H25N3O3S. The standard InChI is InChI=1S/C14H25N3O3S/c1-4-7-17-14(12(20-3)9-16-17)13(15-5-2)11-6-8-21(18,19)10-11/h9,11,13,15H,4-8,10H2,1-3H3. The van der Waals surface area contributed by atoms with Gasteiger partial charge < -0.3 is 10.1 Å². The molecule has 0 aliphatic carbocycles. The average molecular weight is 315 g/mol. The van der Waals surface area contributed by atoms with Crippen LogP contribution < -0.4 is 10.1 Å². The second-order valence-corrected chi connectivity index (χ2v) is 7.75. The van der Waals surface area contributed by atoms with E-state index in [0.717, 1.165) is 31.0 Å². The number of aryl methyl sites for hydroxylation is 1. The minimum Gasteiger partial charge on any atom is -0.493 e. The Hall–Kier alpha value is -1.08. The number of sulfone groups is 1. The normalized spacial score (nSPS) is 22.3. The zero-order chi connectivity index (χ0) is 15.5. The summed E-state index contributed by atoms with van der Waals surface area (Å²) in [6.45, 7) is 5.71. The number of hydrogen-bond donors (Lipinski definition) is 1. The molecule has 0 amide bonds. The lowest BCUT2D eigenvalue weighted by Gasteiger charge is -2.25. The highest BCUT2D eigenvalue weighted by Gasteiger charge is 2.37. The van der Waals surface area contributed by atoms with Gasteiger partial charge in [-0.05, 0) is 25.3 Å². The van der Waals surface area contributed by atoms with Gasteiger partial charge >= 0.3 is 0 Å². The smallest absolute Gasteiger partial charge is 0.161 e. The quantitative estimate of drug-likeness (QED) is 0.823. The Kier molecular flexibility index (Phi) is 5.27. The van der Waals surface area contributed by atoms with Crippen LogP contribution in [-0.4, -0.2) is 43.4 Å². The maximum atomic E-state index is 11.8. The molecule has 1 aromatic rings. The molecule has 0 bridgehead atoms. The van der Waals surface area contributed by atoms with Crippen LogP contribution in [0.1, 0.15) is 38.4 Å². The first-order valence-corrected chi connectivity index (χ1v) is 9.38. The van der Waals surface area contributed by atoms with Crippen molar-refractivity contribution in [3.05, 3.63) is 11.9 Å². The van der Waals surface area contributed by atoms with Gasteiger partial charge in [0.2, 0.25) is 0 Å². The molecular weight excluding hydrogens is 290 g/mol. The third-order valence-corrected chi connectivity index (χ3v) is 5.75. The van der Waals surface area contributed by atoms with E-state index in [1.807, 2.05) is 11.6 Å². The molecule has 1 fully saturated rings. The zero-order valence-corrected chi connectivity index (χ0v) is 13.8. The molecule has 0 spiro atoms. The van der Waals surface area contributed by atoms with Gasteiger partial charge in [-0.1, -0.05) is 13.8 Å². The topological polar surface area (TPSA) is 73.2 Å². The lowest BCUT2D eigenvalue weighted by atomic mass is 9.95. The lowest BCUT2D eigenvalue weighted by Crippen LogP contribution is -2.31. The number of ether oxygens (including phenoxy) is 1. The van der Waals surface area contributed by atoms with E-state index in [9.17, 15) is 8.42 Å². The van der Waals surface area contributed by atoms with Crippen molar-refractivity contribution in [1.82, 2.24) is 15.1 Å². The maximum absolute atomic E-state index is 11.8. The third-order valence-electron chi connectivity index (χ3n) is 3.96. The van der Waals surface area contributed by atoms with Crippen LogP contribution in [0, 0.1) is 5.92 Å². The van der Waals surface area contributed by atoms with E-state index in [0.29, 0.717) is 6.42 Å². The lowest BCUT2D eigenvalue weighted by molar-refractivity contribution is 0.345. The fraction of sp³-hybridized carbons (Fsp3) is 0.786. The molecule has 1 aliphatic rings. The first-order chi connectivity index (χ1) is 10.0. The van der Waals surface area contributed by atoms with Crippen LogP contribution in [-0.2, 0) is 16.4 Å². The van der Waals surface area contributed by atoms with Crippen molar-refractivity contribution in [2.75, 3.05) is 25.2 Å². The summed E-state index contributed by atoms with van der Waals surface area (Å²) in [6, 6.07) is -0.0312. The van der Waals surface area contributed by atoms with Gasteiger partial charge in [0, 0.05) is 6.54 Å². The van der Waals surface area contributed by atoms with Crippen LogP contribution in [0.5, 0.6) is 5.75 Å². The summed E-state index contributed by atoms with van der Waals surface area (Å²) in [5.74, 6) is 1.34. The van der Waals surface area contributed by atoms with Crippen molar-refractivity contribution in [2.45, 2.75) is 39.3 Å². The summed E-state index contributed by atoms with van der Waals surface area (Å²) in [7, 11) is -1.27. The van der Waals surface area contributed by atoms with Crippen LogP contribution in [0.2, 0.25) is 0 Å². The van der Waals surface area contributed by atoms with Gasteiger partial charge in [-0.3, -0.25) is 4.68 Å². The van der Waals surface area contributed by atoms with E-state index in [1.54, 1.807) is 13.3 Å². The van der Waals surface area contributed by atoms with Crippen molar-refractivity contribution in [1.29, 1.82) is 0 Å². The van der Waals surface area contributed by atoms with Crippen LogP contribution in [0.3, 0.4) is 0 Å². The molecule has 0 saturated carbocycles. The number of methoxy groups -OCH3 is 1. The highest BCUT2D eigenvalue weighted by Crippen LogP contribution is 2.35. The molecule has 1 aliphatic heterocycles. The molecule has 120 valence electrons. The summed E-state index contributed by atoms with van der Waals surface area (Å²) in [6.07, 6.45) is 3.39. The monoisotopic (exact) mass is 315 g/mol. The minimum atomic E-state index is -2.91. The predicted molar refractivity (Wildman–Crippen MR) is 82.2 cm³/mol. The second kappa shape index (κ2) is 6.79. The first kappa shape index (κ1) is 16.3. The van der Waals surface area contributed by atoms with Gasteiger partial charge in [-0.25, -0.2) is 8.42 Å². The van der Waals surface area contributed by atoms with Crippen LogP contribution >= 0.6 is 0 Å². The van der Waals surface area contributed by atoms with E-state index in [1.165, 1.54) is 0 Å². The van der Waals surface area contributed by atoms with Crippen LogP contribution in [0.15, 0.2) is 6.20 Å². The Balaban J connectivity index is 2.35. The van der Waals surface area contributed by atoms with Crippen molar-refractivity contribution in [2.24, 2.45) is 5.92 Å². The summed E-state index contributed by atoms with van der Waals surface area (Å²) in [5.41, 5.74) is 0.975. The average Bonchev–Trinajstić information content (AvgIpc) is 3.00. The molecule has 1 saturated heterocycles. The minimum absolute atomic E-state index is 0.0312. The van der Waals surface area contributed by atoms with E-state index in [4.69, 9.17) is 4.74 Å². The molecule has 1 N–H and O–H groups in total. The number of nitrogens with one attached hydrogen (secondary N) is 1. The molecule has 6 nitrogen and oxygen atoms in total. The van der Waals surface area contributed by atoms with Crippen LogP contribution in [0.25, 0.3) is 0 Å². The van der Waals surface area contributed by atoms with Gasteiger partial charge in [0.1, 0.15) is 0 Å². The number of rotatable bonds is 7. The van der Waals surface area contributed by atoms with Gasteiger partial charge in [0.25, 0.3) is 0 Å². The van der Waals surface area contributed by atoms with Gasteiger partial charge in [-0.15, -0.1) is 0 Å². The molecule has 2 unspecified atom stereocenters. The van der Waals surface area contributed by atoms with E-state index in [2.05, 4.69) is 17.3 Å². The van der Waals surface area contributed by atoms with Crippen molar-refractivity contribution in [3.63, 3.8) is 0 Å². The third kappa shape index (κ3) is 3.58. The highest BCUT2D eigenvalue weighted by atomic mass is 32.2.